The molecule has 0 bridgehead atoms. The summed E-state index contributed by atoms with van der Waals surface area (Å²) in [6, 6.07) is 4.37. The minimum absolute atomic E-state index is 0.676. The van der Waals surface area contributed by atoms with E-state index in [0.29, 0.717) is 5.92 Å². The highest BCUT2D eigenvalue weighted by atomic mass is 15.3. The van der Waals surface area contributed by atoms with E-state index in [1.165, 1.54) is 34.9 Å². The minimum atomic E-state index is 0.676. The van der Waals surface area contributed by atoms with Crippen molar-refractivity contribution in [3.63, 3.8) is 0 Å². The first-order valence-electron chi connectivity index (χ1n) is 9.42. The largest absolute Gasteiger partial charge is 0.302 e. The van der Waals surface area contributed by atoms with Crippen LogP contribution in [0, 0.1) is 0 Å². The Morgan fingerprint density at radius 2 is 2.12 bits per heavy atom. The van der Waals surface area contributed by atoms with Gasteiger partial charge in [0, 0.05) is 31.9 Å². The molecule has 0 saturated heterocycles. The summed E-state index contributed by atoms with van der Waals surface area (Å²) < 4.78 is 1.95. The molecule has 6 nitrogen and oxygen atoms in total. The van der Waals surface area contributed by atoms with Crippen molar-refractivity contribution >= 4 is 16.5 Å². The Morgan fingerprint density at radius 3 is 2.88 bits per heavy atom. The van der Waals surface area contributed by atoms with Gasteiger partial charge >= 0.3 is 0 Å². The molecule has 1 aliphatic carbocycles. The van der Waals surface area contributed by atoms with Gasteiger partial charge < -0.3 is 4.90 Å². The van der Waals surface area contributed by atoms with Crippen molar-refractivity contribution < 1.29 is 0 Å². The average Bonchev–Trinajstić information content (AvgIpc) is 3.25. The molecule has 3 aromatic rings. The highest BCUT2D eigenvalue weighted by molar-refractivity contribution is 5.84. The zero-order valence-corrected chi connectivity index (χ0v) is 15.4. The number of aromatic nitrogens is 5. The molecule has 5 rings (SSSR count). The van der Waals surface area contributed by atoms with Gasteiger partial charge in [0.2, 0.25) is 0 Å². The van der Waals surface area contributed by atoms with Gasteiger partial charge in [-0.3, -0.25) is 9.78 Å². The first-order valence-corrected chi connectivity index (χ1v) is 9.42. The van der Waals surface area contributed by atoms with Crippen molar-refractivity contribution in [1.82, 2.24) is 29.9 Å². The fourth-order valence-corrected chi connectivity index (χ4v) is 3.94. The lowest BCUT2D eigenvalue weighted by atomic mass is 9.96. The fourth-order valence-electron chi connectivity index (χ4n) is 3.94. The molecule has 2 aromatic heterocycles. The summed E-state index contributed by atoms with van der Waals surface area (Å²) in [5.74, 6) is 2.60. The van der Waals surface area contributed by atoms with Gasteiger partial charge in [0.05, 0.1) is 11.7 Å². The number of aromatic amines is 1. The second-order valence-corrected chi connectivity index (χ2v) is 7.64. The van der Waals surface area contributed by atoms with E-state index in [4.69, 9.17) is 10.1 Å². The van der Waals surface area contributed by atoms with E-state index < -0.39 is 0 Å². The van der Waals surface area contributed by atoms with E-state index >= 15 is 0 Å². The average molecular weight is 348 g/mol. The Hall–Kier alpha value is -2.47. The topological polar surface area (TPSA) is 62.6 Å². The summed E-state index contributed by atoms with van der Waals surface area (Å²) in [6.45, 7) is 2.05. The third-order valence-corrected chi connectivity index (χ3v) is 5.64. The summed E-state index contributed by atoms with van der Waals surface area (Å²) in [7, 11) is 4.16. The monoisotopic (exact) mass is 348 g/mol. The van der Waals surface area contributed by atoms with Crippen LogP contribution >= 0.6 is 0 Å². The molecule has 26 heavy (non-hydrogen) atoms. The summed E-state index contributed by atoms with van der Waals surface area (Å²) in [6.07, 6.45) is 8.63. The molecule has 134 valence electrons. The Bertz CT molecular complexity index is 991. The molecule has 1 aliphatic heterocycles. The Labute approximate surface area is 152 Å². The number of hydrogen-bond acceptors (Lipinski definition) is 4. The molecule has 0 unspecified atom stereocenters. The van der Waals surface area contributed by atoms with Crippen LogP contribution in [0.5, 0.6) is 0 Å². The molecular weight excluding hydrogens is 324 g/mol. The number of nitrogens with one attached hydrogen (secondary N) is 1. The van der Waals surface area contributed by atoms with Gasteiger partial charge in [-0.25, -0.2) is 4.98 Å². The SMILES string of the molecule is CN1CC=C(c2nc(Cc3ccc4[nH]ncc4c3C3CC3)n(C)n2)CC1. The van der Waals surface area contributed by atoms with E-state index in [1.54, 1.807) is 0 Å². The molecule has 0 spiro atoms. The Kier molecular flexibility index (Phi) is 3.67. The molecule has 6 heteroatoms. The summed E-state index contributed by atoms with van der Waals surface area (Å²) >= 11 is 0. The molecular formula is C20H24N6. The Morgan fingerprint density at radius 1 is 1.23 bits per heavy atom. The molecule has 1 saturated carbocycles. The number of H-pyrrole nitrogens is 1. The second-order valence-electron chi connectivity index (χ2n) is 7.64. The number of aryl methyl sites for hydroxylation is 1. The van der Waals surface area contributed by atoms with Crippen molar-refractivity contribution in [2.24, 2.45) is 7.05 Å². The summed E-state index contributed by atoms with van der Waals surface area (Å²) in [5.41, 5.74) is 5.23. The van der Waals surface area contributed by atoms with Crippen LogP contribution < -0.4 is 0 Å². The van der Waals surface area contributed by atoms with Gasteiger partial charge in [-0.2, -0.15) is 10.2 Å². The lowest BCUT2D eigenvalue weighted by Crippen LogP contribution is -2.23. The first-order chi connectivity index (χ1) is 12.7. The fraction of sp³-hybridized carbons (Fsp3) is 0.450. The number of benzene rings is 1. The molecule has 0 amide bonds. The maximum atomic E-state index is 4.88. The number of likely N-dealkylation sites (N-methyl/N-ethyl adjacent to an activating group) is 1. The minimum Gasteiger partial charge on any atom is -0.302 e. The molecule has 0 radical (unpaired) electrons. The summed E-state index contributed by atoms with van der Waals surface area (Å²) in [4.78, 5) is 7.20. The highest BCUT2D eigenvalue weighted by Crippen LogP contribution is 2.45. The maximum Gasteiger partial charge on any atom is 0.177 e. The molecule has 1 N–H and O–H groups in total. The number of rotatable bonds is 4. The van der Waals surface area contributed by atoms with Crippen LogP contribution in [-0.2, 0) is 13.5 Å². The van der Waals surface area contributed by atoms with Crippen LogP contribution in [0.2, 0.25) is 0 Å². The predicted octanol–water partition coefficient (Wildman–Crippen LogP) is 2.88. The van der Waals surface area contributed by atoms with Crippen molar-refractivity contribution in [1.29, 1.82) is 0 Å². The second kappa shape index (κ2) is 6.06. The zero-order valence-electron chi connectivity index (χ0n) is 15.4. The van der Waals surface area contributed by atoms with Crippen molar-refractivity contribution in [2.45, 2.75) is 31.6 Å². The van der Waals surface area contributed by atoms with Crippen molar-refractivity contribution in [3.8, 4) is 0 Å². The normalized spacial score (nSPS) is 18.5. The number of fused-ring (bicyclic) bond motifs is 1. The molecule has 1 aromatic carbocycles. The van der Waals surface area contributed by atoms with Crippen LogP contribution in [0.15, 0.2) is 24.4 Å². The quantitative estimate of drug-likeness (QED) is 0.787. The lowest BCUT2D eigenvalue weighted by molar-refractivity contribution is 0.369. The molecule has 2 aliphatic rings. The van der Waals surface area contributed by atoms with Gasteiger partial charge in [-0.15, -0.1) is 0 Å². The third-order valence-electron chi connectivity index (χ3n) is 5.64. The molecule has 3 heterocycles. The van der Waals surface area contributed by atoms with E-state index in [9.17, 15) is 0 Å². The van der Waals surface area contributed by atoms with E-state index in [1.807, 2.05) is 17.9 Å². The van der Waals surface area contributed by atoms with E-state index in [-0.39, 0.29) is 0 Å². The highest BCUT2D eigenvalue weighted by Gasteiger charge is 2.29. The zero-order chi connectivity index (χ0) is 17.7. The number of nitrogens with zero attached hydrogens (tertiary/aromatic N) is 5. The van der Waals surface area contributed by atoms with Gasteiger partial charge in [-0.05, 0) is 55.0 Å². The van der Waals surface area contributed by atoms with Gasteiger partial charge in [0.15, 0.2) is 5.82 Å². The van der Waals surface area contributed by atoms with Gasteiger partial charge in [-0.1, -0.05) is 12.1 Å². The molecule has 1 fully saturated rings. The van der Waals surface area contributed by atoms with E-state index in [2.05, 4.69) is 40.4 Å². The third kappa shape index (κ3) is 2.74. The van der Waals surface area contributed by atoms with Crippen LogP contribution in [0.1, 0.15) is 48.0 Å². The van der Waals surface area contributed by atoms with E-state index in [0.717, 1.165) is 43.1 Å². The molecule has 0 atom stereocenters. The Balaban J connectivity index is 1.49. The summed E-state index contributed by atoms with van der Waals surface area (Å²) in [5, 5.41) is 13.3. The number of hydrogen-bond donors (Lipinski definition) is 1. The smallest absolute Gasteiger partial charge is 0.177 e. The van der Waals surface area contributed by atoms with Gasteiger partial charge in [0.25, 0.3) is 0 Å². The van der Waals surface area contributed by atoms with Crippen LogP contribution in [0.4, 0.5) is 0 Å². The van der Waals surface area contributed by atoms with Crippen LogP contribution in [0.3, 0.4) is 0 Å². The van der Waals surface area contributed by atoms with Crippen molar-refractivity contribution in [3.05, 3.63) is 47.2 Å². The van der Waals surface area contributed by atoms with Crippen LogP contribution in [-0.4, -0.2) is 50.0 Å². The van der Waals surface area contributed by atoms with Crippen LogP contribution in [0.25, 0.3) is 16.5 Å². The predicted molar refractivity (Wildman–Crippen MR) is 102 cm³/mol. The van der Waals surface area contributed by atoms with Gasteiger partial charge in [0.1, 0.15) is 5.82 Å². The lowest BCUT2D eigenvalue weighted by Gasteiger charge is -2.20. The first kappa shape index (κ1) is 15.8. The van der Waals surface area contributed by atoms with Crippen molar-refractivity contribution in [2.75, 3.05) is 20.1 Å². The standard InChI is InChI=1S/C20H24N6/c1-25-9-7-14(8-10-25)20-22-18(26(2)24-20)11-15-5-6-17-16(12-21-23-17)19(15)13-3-4-13/h5-7,12-13H,3-4,8-11H2,1-2H3,(H,21,23). The maximum absolute atomic E-state index is 4.88.